The summed E-state index contributed by atoms with van der Waals surface area (Å²) in [5.41, 5.74) is 5.37. The van der Waals surface area contributed by atoms with E-state index in [9.17, 15) is 10.1 Å². The summed E-state index contributed by atoms with van der Waals surface area (Å²) in [6, 6.07) is 18.0. The minimum atomic E-state index is -0.333. The normalized spacial score (nSPS) is 10.9. The predicted octanol–water partition coefficient (Wildman–Crippen LogP) is 5.89. The molecular weight excluding hydrogens is 426 g/mol. The third kappa shape index (κ3) is 3.97. The van der Waals surface area contributed by atoms with Crippen molar-refractivity contribution < 1.29 is 9.53 Å². The van der Waals surface area contributed by atoms with Crippen LogP contribution in [0.2, 0.25) is 0 Å². The molecule has 0 fully saturated rings. The number of nitrogens with zero attached hydrogens (tertiary/aromatic N) is 3. The number of imidazole rings is 1. The first kappa shape index (κ1) is 21.2. The van der Waals surface area contributed by atoms with Crippen molar-refractivity contribution in [1.29, 1.82) is 5.26 Å². The Bertz CT molecular complexity index is 1300. The van der Waals surface area contributed by atoms with Crippen LogP contribution in [0.5, 0.6) is 0 Å². The van der Waals surface area contributed by atoms with Crippen LogP contribution in [0.1, 0.15) is 32.6 Å². The number of aromatic nitrogens is 2. The van der Waals surface area contributed by atoms with Gasteiger partial charge in [0.25, 0.3) is 0 Å². The van der Waals surface area contributed by atoms with E-state index in [1.54, 1.807) is 11.8 Å². The highest BCUT2D eigenvalue weighted by molar-refractivity contribution is 7.99. The number of carbonyl (C=O) groups excluding carboxylic acids is 1. The van der Waals surface area contributed by atoms with Crippen molar-refractivity contribution in [3.63, 3.8) is 0 Å². The lowest BCUT2D eigenvalue weighted by atomic mass is 9.99. The molecule has 7 heteroatoms. The number of hydrogen-bond donors (Lipinski definition) is 0. The first-order valence-electron chi connectivity index (χ1n) is 9.86. The van der Waals surface area contributed by atoms with Crippen LogP contribution in [0.3, 0.4) is 0 Å². The smallest absolute Gasteiger partial charge is 0.350 e. The van der Waals surface area contributed by atoms with Gasteiger partial charge in [0.05, 0.1) is 30.8 Å². The molecule has 31 heavy (non-hydrogen) atoms. The molecule has 156 valence electrons. The largest absolute Gasteiger partial charge is 0.465 e. The number of fused-ring (bicyclic) bond motifs is 1. The number of benzene rings is 2. The van der Waals surface area contributed by atoms with Crippen molar-refractivity contribution in [1.82, 2.24) is 9.55 Å². The number of ether oxygens (including phenoxy) is 1. The van der Waals surface area contributed by atoms with Gasteiger partial charge in [0.1, 0.15) is 10.4 Å². The summed E-state index contributed by atoms with van der Waals surface area (Å²) in [5, 5.41) is 10.3. The summed E-state index contributed by atoms with van der Waals surface area (Å²) in [6.07, 6.45) is 0. The Kier molecular flexibility index (Phi) is 6.12. The Labute approximate surface area is 189 Å². The number of thioether (sulfide) groups is 1. The van der Waals surface area contributed by atoms with Crippen LogP contribution in [0, 0.1) is 18.3 Å². The molecule has 2 aromatic carbocycles. The lowest BCUT2D eigenvalue weighted by molar-refractivity contribution is 0.0608. The fourth-order valence-corrected chi connectivity index (χ4v) is 5.32. The second-order valence-electron chi connectivity index (χ2n) is 6.94. The third-order valence-electron chi connectivity index (χ3n) is 5.03. The Balaban J connectivity index is 1.75. The van der Waals surface area contributed by atoms with Crippen molar-refractivity contribution in [2.75, 3.05) is 12.9 Å². The number of carbonyl (C=O) groups is 1. The first-order chi connectivity index (χ1) is 15.1. The van der Waals surface area contributed by atoms with Crippen molar-refractivity contribution in [2.24, 2.45) is 0 Å². The number of aryl methyl sites for hydroxylation is 1. The van der Waals surface area contributed by atoms with Gasteiger partial charge in [0, 0.05) is 4.88 Å². The molecule has 2 aromatic heterocycles. The number of esters is 1. The Hall–Kier alpha value is -3.08. The number of hydrogen-bond acceptors (Lipinski definition) is 6. The molecule has 0 atom stereocenters. The summed E-state index contributed by atoms with van der Waals surface area (Å²) in [7, 11) is 1.41. The van der Waals surface area contributed by atoms with E-state index in [0.29, 0.717) is 17.0 Å². The minimum absolute atomic E-state index is 0.333. The van der Waals surface area contributed by atoms with E-state index >= 15 is 0 Å². The van der Waals surface area contributed by atoms with Gasteiger partial charge < -0.3 is 9.30 Å². The van der Waals surface area contributed by atoms with Gasteiger partial charge in [0.2, 0.25) is 0 Å². The zero-order valence-corrected chi connectivity index (χ0v) is 19.1. The Morgan fingerprint density at radius 2 is 1.97 bits per heavy atom. The number of rotatable bonds is 6. The topological polar surface area (TPSA) is 67.9 Å². The second-order valence-corrected chi connectivity index (χ2v) is 9.40. The SMILES string of the molecule is CCSc1nc2c(C)sc(C(=O)OC)c2n1Cc1ccc(-c2ccccc2C#N)cc1. The maximum Gasteiger partial charge on any atom is 0.350 e. The highest BCUT2D eigenvalue weighted by Crippen LogP contribution is 2.35. The van der Waals surface area contributed by atoms with Crippen LogP contribution in [0.4, 0.5) is 0 Å². The first-order valence-corrected chi connectivity index (χ1v) is 11.7. The summed E-state index contributed by atoms with van der Waals surface area (Å²) in [4.78, 5) is 18.8. The molecule has 2 heterocycles. The molecule has 0 aliphatic rings. The average Bonchev–Trinajstić information content (AvgIpc) is 3.31. The van der Waals surface area contributed by atoms with Gasteiger partial charge in [0.15, 0.2) is 5.16 Å². The lowest BCUT2D eigenvalue weighted by Gasteiger charge is -2.11. The Morgan fingerprint density at radius 3 is 2.65 bits per heavy atom. The molecule has 0 bridgehead atoms. The predicted molar refractivity (Wildman–Crippen MR) is 126 cm³/mol. The maximum absolute atomic E-state index is 12.4. The fraction of sp³-hybridized carbons (Fsp3) is 0.208. The maximum atomic E-state index is 12.4. The van der Waals surface area contributed by atoms with Crippen molar-refractivity contribution in [3.05, 3.63) is 69.4 Å². The molecule has 0 N–H and O–H groups in total. The molecule has 0 saturated heterocycles. The van der Waals surface area contributed by atoms with Gasteiger partial charge in [-0.1, -0.05) is 61.2 Å². The van der Waals surface area contributed by atoms with Crippen molar-refractivity contribution in [3.8, 4) is 17.2 Å². The molecule has 5 nitrogen and oxygen atoms in total. The van der Waals surface area contributed by atoms with Gasteiger partial charge >= 0.3 is 5.97 Å². The van der Waals surface area contributed by atoms with E-state index in [1.165, 1.54) is 18.4 Å². The molecule has 0 saturated carbocycles. The molecule has 4 rings (SSSR count). The quantitative estimate of drug-likeness (QED) is 0.272. The molecular formula is C24H21N3O2S2. The standard InChI is InChI=1S/C24H21N3O2S2/c1-4-30-24-26-20-15(2)31-22(23(28)29-3)21(20)27(24)14-16-9-11-17(12-10-16)19-8-6-5-7-18(19)13-25/h5-12H,4,14H2,1-3H3. The van der Waals surface area contributed by atoms with Crippen LogP contribution in [-0.4, -0.2) is 28.4 Å². The molecule has 0 aliphatic heterocycles. The van der Waals surface area contributed by atoms with Crippen molar-refractivity contribution >= 4 is 40.1 Å². The van der Waals surface area contributed by atoms with Crippen LogP contribution in [-0.2, 0) is 11.3 Å². The van der Waals surface area contributed by atoms with Crippen LogP contribution >= 0.6 is 23.1 Å². The minimum Gasteiger partial charge on any atom is -0.465 e. The summed E-state index contributed by atoms with van der Waals surface area (Å²) >= 11 is 3.09. The van der Waals surface area contributed by atoms with Gasteiger partial charge in [-0.05, 0) is 35.4 Å². The molecule has 0 unspecified atom stereocenters. The van der Waals surface area contributed by atoms with E-state index in [2.05, 4.69) is 29.7 Å². The Morgan fingerprint density at radius 1 is 1.23 bits per heavy atom. The zero-order chi connectivity index (χ0) is 22.0. The van der Waals surface area contributed by atoms with E-state index in [1.807, 2.05) is 43.3 Å². The number of methoxy groups -OCH3 is 1. The van der Waals surface area contributed by atoms with E-state index in [4.69, 9.17) is 9.72 Å². The lowest BCUT2D eigenvalue weighted by Crippen LogP contribution is -2.06. The van der Waals surface area contributed by atoms with Crippen LogP contribution < -0.4 is 0 Å². The summed E-state index contributed by atoms with van der Waals surface area (Å²) < 4.78 is 7.12. The summed E-state index contributed by atoms with van der Waals surface area (Å²) in [6.45, 7) is 4.67. The molecule has 4 aromatic rings. The van der Waals surface area contributed by atoms with E-state index in [0.717, 1.165) is 43.5 Å². The molecule has 0 spiro atoms. The highest BCUT2D eigenvalue weighted by Gasteiger charge is 2.24. The van der Waals surface area contributed by atoms with Gasteiger partial charge in [-0.15, -0.1) is 11.3 Å². The van der Waals surface area contributed by atoms with Crippen LogP contribution in [0.15, 0.2) is 53.7 Å². The number of thiophene rings is 1. The molecule has 0 radical (unpaired) electrons. The summed E-state index contributed by atoms with van der Waals surface area (Å²) in [5.74, 6) is 0.556. The third-order valence-corrected chi connectivity index (χ3v) is 6.96. The fourth-order valence-electron chi connectivity index (χ4n) is 3.58. The van der Waals surface area contributed by atoms with Gasteiger partial charge in [-0.3, -0.25) is 0 Å². The van der Waals surface area contributed by atoms with Gasteiger partial charge in [-0.2, -0.15) is 5.26 Å². The van der Waals surface area contributed by atoms with Gasteiger partial charge in [-0.25, -0.2) is 9.78 Å². The number of nitriles is 1. The van der Waals surface area contributed by atoms with Crippen molar-refractivity contribution in [2.45, 2.75) is 25.5 Å². The van der Waals surface area contributed by atoms with E-state index in [-0.39, 0.29) is 5.97 Å². The second kappa shape index (κ2) is 8.96. The van der Waals surface area contributed by atoms with Crippen LogP contribution in [0.25, 0.3) is 22.2 Å². The molecule has 0 aliphatic carbocycles. The highest BCUT2D eigenvalue weighted by atomic mass is 32.2. The average molecular weight is 448 g/mol. The monoisotopic (exact) mass is 447 g/mol. The molecule has 0 amide bonds. The van der Waals surface area contributed by atoms with E-state index < -0.39 is 0 Å². The zero-order valence-electron chi connectivity index (χ0n) is 17.5.